The van der Waals surface area contributed by atoms with Crippen molar-refractivity contribution in [3.63, 3.8) is 0 Å². The van der Waals surface area contributed by atoms with Crippen LogP contribution in [0.25, 0.3) is 5.69 Å². The molecule has 0 fully saturated rings. The molecule has 3 aromatic rings. The zero-order valence-corrected chi connectivity index (χ0v) is 17.3. The molecule has 0 spiro atoms. The van der Waals surface area contributed by atoms with E-state index in [9.17, 15) is 19.5 Å². The van der Waals surface area contributed by atoms with Crippen LogP contribution in [0.15, 0.2) is 59.7 Å². The average molecular weight is 418 g/mol. The van der Waals surface area contributed by atoms with Crippen LogP contribution < -0.4 is 10.7 Å². The molecule has 0 bridgehead atoms. The molecule has 0 aliphatic heterocycles. The van der Waals surface area contributed by atoms with Crippen molar-refractivity contribution in [3.05, 3.63) is 82.7 Å². The van der Waals surface area contributed by atoms with Crippen LogP contribution in [0.3, 0.4) is 0 Å². The second-order valence-corrected chi connectivity index (χ2v) is 6.98. The van der Waals surface area contributed by atoms with Gasteiger partial charge in [-0.15, -0.1) is 0 Å². The monoisotopic (exact) mass is 418 g/mol. The molecule has 0 saturated heterocycles. The fraction of sp³-hybridized carbons (Fsp3) is 0.130. The van der Waals surface area contributed by atoms with Gasteiger partial charge in [0.25, 0.3) is 5.91 Å². The van der Waals surface area contributed by atoms with E-state index in [2.05, 4.69) is 15.8 Å². The van der Waals surface area contributed by atoms with E-state index >= 15 is 0 Å². The Morgan fingerprint density at radius 2 is 1.71 bits per heavy atom. The van der Waals surface area contributed by atoms with E-state index in [0.717, 1.165) is 22.6 Å². The summed E-state index contributed by atoms with van der Waals surface area (Å²) in [5.74, 6) is -1.62. The lowest BCUT2D eigenvalue weighted by Crippen LogP contribution is -2.18. The first-order chi connectivity index (χ1) is 14.8. The Labute approximate surface area is 179 Å². The average Bonchev–Trinajstić information content (AvgIpc) is 3.01. The topological polar surface area (TPSA) is 113 Å². The number of carbonyl (C=O) groups excluding carboxylic acids is 2. The summed E-state index contributed by atoms with van der Waals surface area (Å²) in [6.45, 7) is 5.19. The number of hydrogen-bond donors (Lipinski definition) is 3. The maximum atomic E-state index is 12.4. The van der Waals surface area contributed by atoms with Crippen molar-refractivity contribution in [1.82, 2.24) is 9.99 Å². The van der Waals surface area contributed by atoms with Gasteiger partial charge >= 0.3 is 5.97 Å². The van der Waals surface area contributed by atoms with Crippen molar-refractivity contribution in [2.75, 3.05) is 5.32 Å². The normalized spacial score (nSPS) is 10.8. The molecule has 0 saturated carbocycles. The molecule has 2 aromatic carbocycles. The van der Waals surface area contributed by atoms with Gasteiger partial charge in [-0.2, -0.15) is 5.10 Å². The predicted octanol–water partition coefficient (Wildman–Crippen LogP) is 3.51. The third-order valence-electron chi connectivity index (χ3n) is 4.64. The molecule has 8 nitrogen and oxygen atoms in total. The molecule has 3 rings (SSSR count). The van der Waals surface area contributed by atoms with Gasteiger partial charge in [0.05, 0.1) is 11.8 Å². The molecule has 0 aliphatic carbocycles. The van der Waals surface area contributed by atoms with Gasteiger partial charge < -0.3 is 15.0 Å². The highest BCUT2D eigenvalue weighted by Gasteiger charge is 2.12. The predicted molar refractivity (Wildman–Crippen MR) is 118 cm³/mol. The summed E-state index contributed by atoms with van der Waals surface area (Å²) in [6, 6.07) is 15.1. The number of carboxylic acid groups (broad SMARTS) is 1. The number of nitrogens with zero attached hydrogens (tertiary/aromatic N) is 2. The number of hydrogen-bond acceptors (Lipinski definition) is 4. The third-order valence-corrected chi connectivity index (χ3v) is 4.64. The van der Waals surface area contributed by atoms with Gasteiger partial charge in [0.1, 0.15) is 0 Å². The van der Waals surface area contributed by atoms with E-state index in [1.54, 1.807) is 42.5 Å². The zero-order valence-electron chi connectivity index (χ0n) is 17.3. The van der Waals surface area contributed by atoms with Crippen LogP contribution >= 0.6 is 0 Å². The third kappa shape index (κ3) is 5.05. The van der Waals surface area contributed by atoms with Gasteiger partial charge in [0.2, 0.25) is 5.91 Å². The first kappa shape index (κ1) is 21.5. The number of nitrogens with one attached hydrogen (secondary N) is 2. The molecule has 2 amide bonds. The van der Waals surface area contributed by atoms with Crippen LogP contribution in [0.1, 0.15) is 44.6 Å². The highest BCUT2D eigenvalue weighted by Crippen LogP contribution is 2.21. The Balaban J connectivity index is 1.77. The fourth-order valence-electron chi connectivity index (χ4n) is 3.26. The molecular formula is C23H22N4O4. The summed E-state index contributed by atoms with van der Waals surface area (Å²) in [5, 5.41) is 15.9. The van der Waals surface area contributed by atoms with Crippen molar-refractivity contribution in [2.45, 2.75) is 20.8 Å². The van der Waals surface area contributed by atoms with E-state index in [0.29, 0.717) is 11.3 Å². The van der Waals surface area contributed by atoms with Gasteiger partial charge in [-0.05, 0) is 56.3 Å². The second-order valence-electron chi connectivity index (χ2n) is 6.98. The number of amides is 2. The van der Waals surface area contributed by atoms with Crippen molar-refractivity contribution in [2.24, 2.45) is 5.10 Å². The fourth-order valence-corrected chi connectivity index (χ4v) is 3.26. The summed E-state index contributed by atoms with van der Waals surface area (Å²) >= 11 is 0. The van der Waals surface area contributed by atoms with Gasteiger partial charge in [-0.1, -0.05) is 12.1 Å². The maximum absolute atomic E-state index is 12.4. The Morgan fingerprint density at radius 1 is 1.00 bits per heavy atom. The number of carbonyl (C=O) groups is 3. The highest BCUT2D eigenvalue weighted by molar-refractivity contribution is 5.97. The molecule has 1 aromatic heterocycles. The van der Waals surface area contributed by atoms with Crippen LogP contribution in [0.5, 0.6) is 0 Å². The molecular weight excluding hydrogens is 396 g/mol. The smallest absolute Gasteiger partial charge is 0.335 e. The number of aromatic nitrogens is 1. The van der Waals surface area contributed by atoms with E-state index < -0.39 is 11.9 Å². The van der Waals surface area contributed by atoms with E-state index in [1.807, 2.05) is 30.5 Å². The SMILES string of the molecule is CC(=O)Nc1cccc(C(=O)NN=Cc2cc(C)n(-c3cccc(C(=O)O)c3)c2C)c1. The van der Waals surface area contributed by atoms with Crippen molar-refractivity contribution >= 4 is 29.7 Å². The van der Waals surface area contributed by atoms with Crippen LogP contribution in [0.2, 0.25) is 0 Å². The van der Waals surface area contributed by atoms with E-state index in [-0.39, 0.29) is 11.5 Å². The Kier molecular flexibility index (Phi) is 6.30. The molecule has 1 heterocycles. The zero-order chi connectivity index (χ0) is 22.5. The van der Waals surface area contributed by atoms with Gasteiger partial charge in [0.15, 0.2) is 0 Å². The van der Waals surface area contributed by atoms with Crippen molar-refractivity contribution in [3.8, 4) is 5.69 Å². The standard InChI is InChI=1S/C23H22N4O4/c1-14-10-19(15(2)27(14)21-9-5-7-18(12-21)23(30)31)13-24-26-22(29)17-6-4-8-20(11-17)25-16(3)28/h4-13H,1-3H3,(H,25,28)(H,26,29)(H,30,31). The number of rotatable bonds is 6. The van der Waals surface area contributed by atoms with E-state index in [1.165, 1.54) is 13.1 Å². The highest BCUT2D eigenvalue weighted by atomic mass is 16.4. The van der Waals surface area contributed by atoms with E-state index in [4.69, 9.17) is 0 Å². The first-order valence-electron chi connectivity index (χ1n) is 9.50. The second kappa shape index (κ2) is 9.08. The number of hydrazone groups is 1. The van der Waals surface area contributed by atoms with Gasteiger partial charge in [0, 0.05) is 40.8 Å². The number of benzene rings is 2. The molecule has 31 heavy (non-hydrogen) atoms. The summed E-state index contributed by atoms with van der Waals surface area (Å²) in [7, 11) is 0. The summed E-state index contributed by atoms with van der Waals surface area (Å²) in [5.41, 5.74) is 6.83. The Hall–Kier alpha value is -4.20. The van der Waals surface area contributed by atoms with Gasteiger partial charge in [-0.25, -0.2) is 10.2 Å². The minimum atomic E-state index is -0.989. The summed E-state index contributed by atoms with van der Waals surface area (Å²) in [6.07, 6.45) is 1.54. The number of aromatic carboxylic acids is 1. The maximum Gasteiger partial charge on any atom is 0.335 e. The largest absolute Gasteiger partial charge is 0.478 e. The van der Waals surface area contributed by atoms with Crippen molar-refractivity contribution < 1.29 is 19.5 Å². The quantitative estimate of drug-likeness (QED) is 0.420. The van der Waals surface area contributed by atoms with Gasteiger partial charge in [-0.3, -0.25) is 9.59 Å². The molecule has 8 heteroatoms. The minimum absolute atomic E-state index is 0.203. The van der Waals surface area contributed by atoms with Crippen LogP contribution in [-0.2, 0) is 4.79 Å². The lowest BCUT2D eigenvalue weighted by atomic mass is 10.2. The molecule has 0 unspecified atom stereocenters. The lowest BCUT2D eigenvalue weighted by molar-refractivity contribution is -0.114. The number of aryl methyl sites for hydroxylation is 1. The Bertz CT molecular complexity index is 1190. The summed E-state index contributed by atoms with van der Waals surface area (Å²) < 4.78 is 1.92. The molecule has 3 N–H and O–H groups in total. The Morgan fingerprint density at radius 3 is 2.42 bits per heavy atom. The minimum Gasteiger partial charge on any atom is -0.478 e. The first-order valence-corrected chi connectivity index (χ1v) is 9.50. The molecule has 0 atom stereocenters. The summed E-state index contributed by atoms with van der Waals surface area (Å²) in [4.78, 5) is 34.8. The van der Waals surface area contributed by atoms with Crippen LogP contribution in [0.4, 0.5) is 5.69 Å². The molecule has 0 radical (unpaired) electrons. The van der Waals surface area contributed by atoms with Crippen molar-refractivity contribution in [1.29, 1.82) is 0 Å². The number of carboxylic acids is 1. The number of anilines is 1. The van der Waals surface area contributed by atoms with Crippen LogP contribution in [-0.4, -0.2) is 33.7 Å². The molecule has 158 valence electrons. The van der Waals surface area contributed by atoms with Crippen LogP contribution in [0, 0.1) is 13.8 Å². The lowest BCUT2D eigenvalue weighted by Gasteiger charge is -2.10. The molecule has 0 aliphatic rings.